The lowest BCUT2D eigenvalue weighted by molar-refractivity contribution is -0.384. The fourth-order valence-electron chi connectivity index (χ4n) is 2.78. The highest BCUT2D eigenvalue weighted by Crippen LogP contribution is 2.29. The van der Waals surface area contributed by atoms with E-state index < -0.39 is 20.9 Å². The van der Waals surface area contributed by atoms with E-state index in [0.717, 1.165) is 17.7 Å². The van der Waals surface area contributed by atoms with Gasteiger partial charge in [-0.05, 0) is 49.4 Å². The van der Waals surface area contributed by atoms with E-state index >= 15 is 0 Å². The van der Waals surface area contributed by atoms with Crippen LogP contribution in [0.3, 0.4) is 0 Å². The molecule has 3 aromatic carbocycles. The summed E-state index contributed by atoms with van der Waals surface area (Å²) in [6.45, 7) is 1.82. The van der Waals surface area contributed by atoms with Gasteiger partial charge in [-0.2, -0.15) is 13.7 Å². The molecule has 0 heterocycles. The topological polar surface area (TPSA) is 139 Å². The van der Waals surface area contributed by atoms with Gasteiger partial charge in [-0.25, -0.2) is 0 Å². The number of carbonyl (C=O) groups excluding carboxylic acids is 1. The summed E-state index contributed by atoms with van der Waals surface area (Å²) in [5.41, 5.74) is 0.537. The Morgan fingerprint density at radius 1 is 1.15 bits per heavy atom. The first kappa shape index (κ1) is 24.6. The molecule has 3 aromatic rings. The van der Waals surface area contributed by atoms with Crippen molar-refractivity contribution in [3.8, 4) is 11.8 Å². The third-order valence-corrected chi connectivity index (χ3v) is 6.20. The van der Waals surface area contributed by atoms with Gasteiger partial charge in [-0.3, -0.25) is 14.9 Å². The Balaban J connectivity index is 1.93. The zero-order valence-electron chi connectivity index (χ0n) is 17.6. The first-order chi connectivity index (χ1) is 16.1. The molecular weight excluding hydrogens is 526 g/mol. The zero-order valence-corrected chi connectivity index (χ0v) is 20.0. The number of nitro groups is 1. The molecule has 0 saturated carbocycles. The predicted molar refractivity (Wildman–Crippen MR) is 128 cm³/mol. The van der Waals surface area contributed by atoms with E-state index in [0.29, 0.717) is 4.47 Å². The van der Waals surface area contributed by atoms with Gasteiger partial charge >= 0.3 is 10.1 Å². The summed E-state index contributed by atoms with van der Waals surface area (Å²) in [6, 6.07) is 17.5. The number of hydrogen-bond donors (Lipinski definition) is 1. The molecule has 0 unspecified atom stereocenters. The first-order valence-electron chi connectivity index (χ1n) is 9.57. The van der Waals surface area contributed by atoms with Crippen LogP contribution in [0.25, 0.3) is 6.08 Å². The number of halogens is 1. The van der Waals surface area contributed by atoms with Crippen LogP contribution in [0, 0.1) is 28.4 Å². The van der Waals surface area contributed by atoms with Gasteiger partial charge in [-0.15, -0.1) is 0 Å². The SMILES string of the molecule is Cc1ccc(S(=O)(=O)Oc2ccc(Br)cc2/C=C(\C#N)C(=O)Nc2cccc([N+](=O)[O-])c2)cc1. The molecule has 0 saturated heterocycles. The number of nitrogens with zero attached hydrogens (tertiary/aromatic N) is 2. The minimum atomic E-state index is -4.18. The van der Waals surface area contributed by atoms with Crippen molar-refractivity contribution >= 4 is 49.4 Å². The normalized spacial score (nSPS) is 11.4. The van der Waals surface area contributed by atoms with E-state index in [4.69, 9.17) is 4.18 Å². The maximum atomic E-state index is 12.7. The van der Waals surface area contributed by atoms with Gasteiger partial charge in [0.1, 0.15) is 22.3 Å². The van der Waals surface area contributed by atoms with Crippen LogP contribution in [-0.2, 0) is 14.9 Å². The van der Waals surface area contributed by atoms with Gasteiger partial charge < -0.3 is 9.50 Å². The molecule has 172 valence electrons. The predicted octanol–water partition coefficient (Wildman–Crippen LogP) is 4.98. The average Bonchev–Trinajstić information content (AvgIpc) is 2.79. The molecule has 0 aromatic heterocycles. The van der Waals surface area contributed by atoms with Gasteiger partial charge in [0.15, 0.2) is 0 Å². The fraction of sp³-hybridized carbons (Fsp3) is 0.0435. The van der Waals surface area contributed by atoms with Gasteiger partial charge in [0.25, 0.3) is 11.6 Å². The molecule has 0 fully saturated rings. The fourth-order valence-corrected chi connectivity index (χ4v) is 4.11. The number of benzene rings is 3. The van der Waals surface area contributed by atoms with Crippen LogP contribution in [0.4, 0.5) is 11.4 Å². The lowest BCUT2D eigenvalue weighted by Gasteiger charge is -2.11. The van der Waals surface area contributed by atoms with Crippen molar-refractivity contribution < 1.29 is 22.3 Å². The smallest absolute Gasteiger partial charge is 0.339 e. The van der Waals surface area contributed by atoms with Crippen LogP contribution in [0.5, 0.6) is 5.75 Å². The van der Waals surface area contributed by atoms with E-state index in [1.54, 1.807) is 24.3 Å². The molecule has 1 N–H and O–H groups in total. The Morgan fingerprint density at radius 3 is 2.50 bits per heavy atom. The van der Waals surface area contributed by atoms with Crippen molar-refractivity contribution in [3.63, 3.8) is 0 Å². The van der Waals surface area contributed by atoms with Crippen LogP contribution in [0.15, 0.2) is 81.7 Å². The van der Waals surface area contributed by atoms with Gasteiger partial charge in [0.2, 0.25) is 0 Å². The number of nitro benzene ring substituents is 1. The minimum Gasteiger partial charge on any atom is -0.378 e. The molecule has 0 aliphatic rings. The molecule has 9 nitrogen and oxygen atoms in total. The summed E-state index contributed by atoms with van der Waals surface area (Å²) >= 11 is 3.27. The van der Waals surface area contributed by atoms with Crippen LogP contribution in [0.1, 0.15) is 11.1 Å². The van der Waals surface area contributed by atoms with Crippen molar-refractivity contribution in [1.82, 2.24) is 0 Å². The molecule has 0 radical (unpaired) electrons. The second-order valence-electron chi connectivity index (χ2n) is 6.96. The van der Waals surface area contributed by atoms with E-state index in [-0.39, 0.29) is 33.2 Å². The molecule has 0 spiro atoms. The molecule has 34 heavy (non-hydrogen) atoms. The average molecular weight is 542 g/mol. The summed E-state index contributed by atoms with van der Waals surface area (Å²) in [7, 11) is -4.18. The van der Waals surface area contributed by atoms with Crippen molar-refractivity contribution in [2.75, 3.05) is 5.32 Å². The zero-order chi connectivity index (χ0) is 24.9. The minimum absolute atomic E-state index is 0.0557. The molecule has 1 amide bonds. The third-order valence-electron chi connectivity index (χ3n) is 4.46. The molecule has 0 aliphatic heterocycles. The second kappa shape index (κ2) is 10.3. The van der Waals surface area contributed by atoms with Crippen molar-refractivity contribution in [1.29, 1.82) is 5.26 Å². The highest BCUT2D eigenvalue weighted by molar-refractivity contribution is 9.10. The number of non-ortho nitro benzene ring substituents is 1. The maximum Gasteiger partial charge on any atom is 0.339 e. The quantitative estimate of drug-likeness (QED) is 0.146. The van der Waals surface area contributed by atoms with Crippen LogP contribution < -0.4 is 9.50 Å². The molecule has 0 aliphatic carbocycles. The van der Waals surface area contributed by atoms with Crippen LogP contribution in [-0.4, -0.2) is 19.2 Å². The summed E-state index contributed by atoms with van der Waals surface area (Å²) in [5.74, 6) is -0.935. The molecular formula is C23H16BrN3O6S. The third kappa shape index (κ3) is 6.06. The van der Waals surface area contributed by atoms with Gasteiger partial charge in [0, 0.05) is 27.9 Å². The van der Waals surface area contributed by atoms with Crippen LogP contribution in [0.2, 0.25) is 0 Å². The van der Waals surface area contributed by atoms with E-state index in [1.807, 2.05) is 6.92 Å². The molecule has 0 bridgehead atoms. The van der Waals surface area contributed by atoms with E-state index in [1.165, 1.54) is 42.5 Å². The Morgan fingerprint density at radius 2 is 1.85 bits per heavy atom. The molecule has 0 atom stereocenters. The lowest BCUT2D eigenvalue weighted by atomic mass is 10.1. The second-order valence-corrected chi connectivity index (χ2v) is 9.43. The Labute approximate surface area is 203 Å². The Bertz CT molecular complexity index is 1440. The summed E-state index contributed by atoms with van der Waals surface area (Å²) in [5, 5.41) is 22.9. The highest BCUT2D eigenvalue weighted by atomic mass is 79.9. The number of nitrogens with one attached hydrogen (secondary N) is 1. The maximum absolute atomic E-state index is 12.7. The number of nitriles is 1. The number of amides is 1. The number of anilines is 1. The Kier molecular flexibility index (Phi) is 7.45. The number of rotatable bonds is 7. The molecule has 3 rings (SSSR count). The largest absolute Gasteiger partial charge is 0.378 e. The van der Waals surface area contributed by atoms with Crippen molar-refractivity contribution in [2.24, 2.45) is 0 Å². The Hall–Kier alpha value is -4.01. The first-order valence-corrected chi connectivity index (χ1v) is 11.8. The number of hydrogen-bond acceptors (Lipinski definition) is 7. The van der Waals surface area contributed by atoms with Crippen LogP contribution >= 0.6 is 15.9 Å². The number of aryl methyl sites for hydroxylation is 1. The van der Waals surface area contributed by atoms with Crippen molar-refractivity contribution in [3.05, 3.63) is 98.0 Å². The number of carbonyl (C=O) groups is 1. The summed E-state index contributed by atoms with van der Waals surface area (Å²) in [6.07, 6.45) is 1.16. The lowest BCUT2D eigenvalue weighted by Crippen LogP contribution is -2.14. The van der Waals surface area contributed by atoms with Gasteiger partial charge in [-0.1, -0.05) is 39.7 Å². The van der Waals surface area contributed by atoms with Crippen molar-refractivity contribution in [2.45, 2.75) is 11.8 Å². The standard InChI is InChI=1S/C23H16BrN3O6S/c1-15-5-8-21(9-6-15)34(31,32)33-22-10-7-18(24)12-16(22)11-17(14-25)23(28)26-19-3-2-4-20(13-19)27(29)30/h2-13H,1H3,(H,26,28)/b17-11+. The highest BCUT2D eigenvalue weighted by Gasteiger charge is 2.19. The van der Waals surface area contributed by atoms with Gasteiger partial charge in [0.05, 0.1) is 4.92 Å². The summed E-state index contributed by atoms with van der Waals surface area (Å²) in [4.78, 5) is 22.9. The molecule has 11 heteroatoms. The monoisotopic (exact) mass is 541 g/mol. The van der Waals surface area contributed by atoms with E-state index in [2.05, 4.69) is 21.2 Å². The van der Waals surface area contributed by atoms with E-state index in [9.17, 15) is 28.6 Å². The summed E-state index contributed by atoms with van der Waals surface area (Å²) < 4.78 is 31.3.